The number of guanidine groups is 1. The van der Waals surface area contributed by atoms with Crippen molar-refractivity contribution in [2.75, 3.05) is 25.6 Å². The third-order valence-electron chi connectivity index (χ3n) is 3.58. The number of nitrogens with one attached hydrogen (secondary N) is 2. The molecule has 2 aromatic rings. The monoisotopic (exact) mass is 470 g/mol. The van der Waals surface area contributed by atoms with Gasteiger partial charge in [-0.25, -0.2) is 4.99 Å². The number of pyridine rings is 1. The van der Waals surface area contributed by atoms with Gasteiger partial charge in [-0.05, 0) is 44.5 Å². The zero-order chi connectivity index (χ0) is 18.1. The van der Waals surface area contributed by atoms with E-state index in [2.05, 4.69) is 20.6 Å². The first-order chi connectivity index (χ1) is 12.2. The lowest BCUT2D eigenvalue weighted by Gasteiger charge is -2.14. The number of methoxy groups -OCH3 is 1. The van der Waals surface area contributed by atoms with E-state index in [0.717, 1.165) is 29.2 Å². The Bertz CT molecular complexity index is 722. The molecule has 0 aliphatic carbocycles. The fourth-order valence-corrected chi connectivity index (χ4v) is 2.30. The number of hydrogen-bond donors (Lipinski definition) is 2. The van der Waals surface area contributed by atoms with Crippen molar-refractivity contribution in [3.05, 3.63) is 47.8 Å². The molecule has 0 aliphatic heterocycles. The molecule has 0 spiro atoms. The van der Waals surface area contributed by atoms with Gasteiger partial charge in [0, 0.05) is 24.5 Å². The molecule has 0 fully saturated rings. The molecule has 0 aliphatic rings. The minimum absolute atomic E-state index is 0. The van der Waals surface area contributed by atoms with E-state index in [9.17, 15) is 0 Å². The summed E-state index contributed by atoms with van der Waals surface area (Å²) >= 11 is 0. The third-order valence-corrected chi connectivity index (χ3v) is 3.58. The number of aromatic nitrogens is 1. The molecular formula is C19H27IN4O2. The van der Waals surface area contributed by atoms with Gasteiger partial charge in [-0.1, -0.05) is 6.07 Å². The van der Waals surface area contributed by atoms with Gasteiger partial charge >= 0.3 is 0 Å². The van der Waals surface area contributed by atoms with Crippen molar-refractivity contribution in [1.29, 1.82) is 0 Å². The van der Waals surface area contributed by atoms with Crippen LogP contribution in [0.3, 0.4) is 0 Å². The Balaban J connectivity index is 0.00000338. The summed E-state index contributed by atoms with van der Waals surface area (Å²) in [7, 11) is 1.63. The first-order valence-electron chi connectivity index (χ1n) is 8.44. The number of ether oxygens (including phenoxy) is 2. The van der Waals surface area contributed by atoms with Crippen LogP contribution in [0, 0.1) is 6.92 Å². The van der Waals surface area contributed by atoms with Crippen LogP contribution in [0.1, 0.15) is 25.1 Å². The average molecular weight is 470 g/mol. The van der Waals surface area contributed by atoms with E-state index in [4.69, 9.17) is 9.47 Å². The number of aryl methyl sites for hydroxylation is 1. The molecule has 1 aromatic heterocycles. The summed E-state index contributed by atoms with van der Waals surface area (Å²) in [5.41, 5.74) is 2.96. The molecule has 0 radical (unpaired) electrons. The molecule has 0 unspecified atom stereocenters. The van der Waals surface area contributed by atoms with E-state index in [1.54, 1.807) is 13.3 Å². The highest BCUT2D eigenvalue weighted by molar-refractivity contribution is 14.0. The summed E-state index contributed by atoms with van der Waals surface area (Å²) < 4.78 is 10.9. The molecule has 7 heteroatoms. The van der Waals surface area contributed by atoms with E-state index < -0.39 is 0 Å². The van der Waals surface area contributed by atoms with Crippen LogP contribution in [0.25, 0.3) is 0 Å². The van der Waals surface area contributed by atoms with Gasteiger partial charge in [0.05, 0.1) is 26.0 Å². The van der Waals surface area contributed by atoms with Gasteiger partial charge in [0.1, 0.15) is 0 Å². The topological polar surface area (TPSA) is 67.8 Å². The molecule has 0 bridgehead atoms. The number of nitrogens with zero attached hydrogens (tertiary/aromatic N) is 2. The molecule has 0 saturated heterocycles. The molecular weight excluding hydrogens is 443 g/mol. The molecule has 0 atom stereocenters. The van der Waals surface area contributed by atoms with Crippen molar-refractivity contribution in [3.63, 3.8) is 0 Å². The highest BCUT2D eigenvalue weighted by Gasteiger charge is 2.07. The molecule has 0 amide bonds. The summed E-state index contributed by atoms with van der Waals surface area (Å²) in [4.78, 5) is 8.99. The predicted molar refractivity (Wildman–Crippen MR) is 117 cm³/mol. The lowest BCUT2D eigenvalue weighted by atomic mass is 10.2. The number of benzene rings is 1. The average Bonchev–Trinajstić information content (AvgIpc) is 2.62. The van der Waals surface area contributed by atoms with Gasteiger partial charge in [-0.15, -0.1) is 24.0 Å². The van der Waals surface area contributed by atoms with Crippen molar-refractivity contribution < 1.29 is 9.47 Å². The second-order valence-corrected chi connectivity index (χ2v) is 5.39. The van der Waals surface area contributed by atoms with Crippen molar-refractivity contribution in [2.45, 2.75) is 27.3 Å². The van der Waals surface area contributed by atoms with Crippen LogP contribution in [-0.2, 0) is 6.54 Å². The van der Waals surface area contributed by atoms with Crippen LogP contribution in [0.2, 0.25) is 0 Å². The predicted octanol–water partition coefficient (Wildman–Crippen LogP) is 3.99. The lowest BCUT2D eigenvalue weighted by molar-refractivity contribution is 0.311. The quantitative estimate of drug-likeness (QED) is 0.364. The minimum Gasteiger partial charge on any atom is -0.493 e. The van der Waals surface area contributed by atoms with Gasteiger partial charge < -0.3 is 20.1 Å². The zero-order valence-electron chi connectivity index (χ0n) is 15.7. The zero-order valence-corrected chi connectivity index (χ0v) is 18.0. The summed E-state index contributed by atoms with van der Waals surface area (Å²) in [6.45, 7) is 7.88. The Morgan fingerprint density at radius 3 is 2.65 bits per heavy atom. The van der Waals surface area contributed by atoms with Crippen LogP contribution in [-0.4, -0.2) is 31.2 Å². The number of rotatable bonds is 7. The van der Waals surface area contributed by atoms with Gasteiger partial charge in [0.25, 0.3) is 0 Å². The fraction of sp³-hybridized carbons (Fsp3) is 0.368. The third kappa shape index (κ3) is 6.36. The van der Waals surface area contributed by atoms with Crippen LogP contribution in [0.4, 0.5) is 5.69 Å². The lowest BCUT2D eigenvalue weighted by Crippen LogP contribution is -2.30. The standard InChI is InChI=1S/C19H26N4O2.HI/c1-5-20-19(22-13-16-14(3)8-7-11-21-16)23-15-9-10-17(25-6-2)18(12-15)24-4;/h7-12H,5-6,13H2,1-4H3,(H2,20,22,23);1H. The fourth-order valence-electron chi connectivity index (χ4n) is 2.30. The number of anilines is 1. The van der Waals surface area contributed by atoms with Crippen LogP contribution < -0.4 is 20.1 Å². The second-order valence-electron chi connectivity index (χ2n) is 5.39. The maximum atomic E-state index is 5.55. The summed E-state index contributed by atoms with van der Waals surface area (Å²) in [6, 6.07) is 9.68. The minimum atomic E-state index is 0. The second kappa shape index (κ2) is 11.6. The first-order valence-corrected chi connectivity index (χ1v) is 8.44. The van der Waals surface area contributed by atoms with Gasteiger partial charge in [0.2, 0.25) is 0 Å². The van der Waals surface area contributed by atoms with Gasteiger partial charge in [0.15, 0.2) is 17.5 Å². The SMILES string of the molecule is CCNC(=NCc1ncccc1C)Nc1ccc(OCC)c(OC)c1.I. The highest BCUT2D eigenvalue weighted by atomic mass is 127. The Hall–Kier alpha value is -2.03. The van der Waals surface area contributed by atoms with E-state index in [0.29, 0.717) is 24.9 Å². The van der Waals surface area contributed by atoms with Crippen LogP contribution in [0.5, 0.6) is 11.5 Å². The summed E-state index contributed by atoms with van der Waals surface area (Å²) in [5, 5.41) is 6.53. The Morgan fingerprint density at radius 1 is 1.19 bits per heavy atom. The van der Waals surface area contributed by atoms with Crippen molar-refractivity contribution in [2.24, 2.45) is 4.99 Å². The molecule has 26 heavy (non-hydrogen) atoms. The maximum Gasteiger partial charge on any atom is 0.196 e. The van der Waals surface area contributed by atoms with E-state index in [1.807, 2.05) is 51.1 Å². The molecule has 0 saturated carbocycles. The summed E-state index contributed by atoms with van der Waals surface area (Å²) in [6.07, 6.45) is 1.79. The number of hydrogen-bond acceptors (Lipinski definition) is 4. The van der Waals surface area contributed by atoms with Crippen molar-refractivity contribution in [3.8, 4) is 11.5 Å². The molecule has 6 nitrogen and oxygen atoms in total. The first kappa shape index (κ1) is 22.0. The Labute approximate surface area is 172 Å². The molecule has 2 rings (SSSR count). The summed E-state index contributed by atoms with van der Waals surface area (Å²) in [5.74, 6) is 2.10. The van der Waals surface area contributed by atoms with Crippen molar-refractivity contribution in [1.82, 2.24) is 10.3 Å². The van der Waals surface area contributed by atoms with Gasteiger partial charge in [-0.3, -0.25) is 4.98 Å². The Morgan fingerprint density at radius 2 is 2.00 bits per heavy atom. The Kier molecular flexibility index (Phi) is 9.79. The van der Waals surface area contributed by atoms with Gasteiger partial charge in [-0.2, -0.15) is 0 Å². The molecule has 142 valence electrons. The van der Waals surface area contributed by atoms with Crippen molar-refractivity contribution >= 4 is 35.6 Å². The maximum absolute atomic E-state index is 5.55. The molecule has 2 N–H and O–H groups in total. The largest absolute Gasteiger partial charge is 0.493 e. The van der Waals surface area contributed by atoms with E-state index in [-0.39, 0.29) is 24.0 Å². The normalized spacial score (nSPS) is 10.7. The molecule has 1 aromatic carbocycles. The van der Waals surface area contributed by atoms with Crippen LogP contribution in [0.15, 0.2) is 41.5 Å². The van der Waals surface area contributed by atoms with E-state index >= 15 is 0 Å². The number of aliphatic imine (C=N–C) groups is 1. The smallest absolute Gasteiger partial charge is 0.196 e. The highest BCUT2D eigenvalue weighted by Crippen LogP contribution is 2.30. The number of halogens is 1. The molecule has 1 heterocycles. The van der Waals surface area contributed by atoms with E-state index in [1.165, 1.54) is 0 Å². The van der Waals surface area contributed by atoms with Crippen LogP contribution >= 0.6 is 24.0 Å².